The summed E-state index contributed by atoms with van der Waals surface area (Å²) in [6.45, 7) is 3.48. The highest BCUT2D eigenvalue weighted by Gasteiger charge is 2.16. The molecule has 0 aliphatic carbocycles. The molecule has 0 fully saturated rings. The Hall–Kier alpha value is -3.81. The van der Waals surface area contributed by atoms with Crippen LogP contribution >= 0.6 is 0 Å². The summed E-state index contributed by atoms with van der Waals surface area (Å²) in [5.74, 6) is -0.433. The van der Waals surface area contributed by atoms with Gasteiger partial charge in [-0.25, -0.2) is 0 Å². The van der Waals surface area contributed by atoms with E-state index in [4.69, 9.17) is 9.47 Å². The monoisotopic (exact) mass is 412 g/mol. The van der Waals surface area contributed by atoms with Gasteiger partial charge in [-0.05, 0) is 36.8 Å². The summed E-state index contributed by atoms with van der Waals surface area (Å²) < 4.78 is 15.2. The molecule has 2 N–H and O–H groups in total. The number of allylic oxidation sites excluding steroid dienone is 1. The summed E-state index contributed by atoms with van der Waals surface area (Å²) in [6, 6.07) is 9.64. The number of anilines is 1. The molecule has 2 rings (SSSR count). The van der Waals surface area contributed by atoms with Crippen LogP contribution in [-0.2, 0) is 16.0 Å². The van der Waals surface area contributed by atoms with Gasteiger partial charge >= 0.3 is 5.97 Å². The van der Waals surface area contributed by atoms with E-state index in [9.17, 15) is 14.4 Å². The van der Waals surface area contributed by atoms with Gasteiger partial charge in [-0.1, -0.05) is 12.1 Å². The summed E-state index contributed by atoms with van der Waals surface area (Å²) in [5.41, 5.74) is 1.83. The number of rotatable bonds is 9. The molecule has 0 radical (unpaired) electrons. The Morgan fingerprint density at radius 3 is 2.40 bits per heavy atom. The zero-order valence-corrected chi connectivity index (χ0v) is 17.1. The van der Waals surface area contributed by atoms with Crippen LogP contribution in [0.5, 0.6) is 11.5 Å². The Morgan fingerprint density at radius 1 is 1.00 bits per heavy atom. The molecule has 2 aromatic rings. The van der Waals surface area contributed by atoms with Gasteiger partial charge in [-0.2, -0.15) is 0 Å². The minimum atomic E-state index is -0.559. The zero-order chi connectivity index (χ0) is 22.1. The van der Waals surface area contributed by atoms with Crippen LogP contribution in [-0.4, -0.2) is 45.7 Å². The fraction of sp³-hybridized carbons (Fsp3) is 0.227. The van der Waals surface area contributed by atoms with Crippen molar-refractivity contribution < 1.29 is 28.6 Å². The van der Waals surface area contributed by atoms with Crippen molar-refractivity contribution in [2.45, 2.75) is 6.42 Å². The third-order valence-corrected chi connectivity index (χ3v) is 4.19. The second kappa shape index (κ2) is 10.7. The smallest absolute Gasteiger partial charge is 0.325 e. The van der Waals surface area contributed by atoms with E-state index in [-0.39, 0.29) is 18.0 Å². The maximum atomic E-state index is 12.8. The van der Waals surface area contributed by atoms with E-state index in [0.29, 0.717) is 29.2 Å². The predicted octanol–water partition coefficient (Wildman–Crippen LogP) is 2.59. The number of nitrogens with one attached hydrogen (secondary N) is 2. The maximum absolute atomic E-state index is 12.8. The fourth-order valence-corrected chi connectivity index (χ4v) is 2.75. The predicted molar refractivity (Wildman–Crippen MR) is 112 cm³/mol. The Kier molecular flexibility index (Phi) is 7.99. The number of hydrogen-bond acceptors (Lipinski definition) is 6. The van der Waals surface area contributed by atoms with Gasteiger partial charge < -0.3 is 24.8 Å². The molecule has 0 unspecified atom stereocenters. The molecule has 0 spiro atoms. The van der Waals surface area contributed by atoms with Gasteiger partial charge in [0.2, 0.25) is 0 Å². The second-order valence-corrected chi connectivity index (χ2v) is 6.16. The molecule has 30 heavy (non-hydrogen) atoms. The third kappa shape index (κ3) is 5.60. The van der Waals surface area contributed by atoms with Crippen molar-refractivity contribution in [2.24, 2.45) is 0 Å². The molecular formula is C22H24N2O6. The van der Waals surface area contributed by atoms with Crippen molar-refractivity contribution >= 4 is 23.5 Å². The van der Waals surface area contributed by atoms with E-state index in [1.807, 2.05) is 0 Å². The average Bonchev–Trinajstić information content (AvgIpc) is 2.76. The lowest BCUT2D eigenvalue weighted by Gasteiger charge is -2.14. The maximum Gasteiger partial charge on any atom is 0.325 e. The molecule has 0 aliphatic heterocycles. The van der Waals surface area contributed by atoms with Gasteiger partial charge in [0.05, 0.1) is 21.3 Å². The second-order valence-electron chi connectivity index (χ2n) is 6.16. The summed E-state index contributed by atoms with van der Waals surface area (Å²) in [6.07, 6.45) is 2.20. The van der Waals surface area contributed by atoms with E-state index < -0.39 is 11.9 Å². The van der Waals surface area contributed by atoms with Crippen molar-refractivity contribution in [3.63, 3.8) is 0 Å². The van der Waals surface area contributed by atoms with Crippen molar-refractivity contribution in [1.82, 2.24) is 5.32 Å². The SMILES string of the molecule is C=CCc1cc(C(=O)Nc2cccc(C(=O)NCC(=O)OC)c2)cc(OC)c1OC. The molecule has 0 heterocycles. The molecule has 0 aliphatic rings. The topological polar surface area (TPSA) is 103 Å². The Morgan fingerprint density at radius 2 is 1.77 bits per heavy atom. The Balaban J connectivity index is 2.22. The molecule has 158 valence electrons. The van der Waals surface area contributed by atoms with Gasteiger partial charge in [-0.15, -0.1) is 6.58 Å². The van der Waals surface area contributed by atoms with Gasteiger partial charge in [0.1, 0.15) is 6.54 Å². The van der Waals surface area contributed by atoms with Crippen LogP contribution in [0.1, 0.15) is 26.3 Å². The first-order valence-electron chi connectivity index (χ1n) is 9.05. The van der Waals surface area contributed by atoms with E-state index in [0.717, 1.165) is 5.56 Å². The van der Waals surface area contributed by atoms with Crippen molar-refractivity contribution in [3.05, 3.63) is 65.7 Å². The third-order valence-electron chi connectivity index (χ3n) is 4.19. The summed E-state index contributed by atoms with van der Waals surface area (Å²) in [5, 5.41) is 5.20. The van der Waals surface area contributed by atoms with E-state index in [2.05, 4.69) is 21.9 Å². The van der Waals surface area contributed by atoms with Crippen molar-refractivity contribution in [3.8, 4) is 11.5 Å². The molecule has 2 amide bonds. The molecule has 0 bridgehead atoms. The van der Waals surface area contributed by atoms with Crippen molar-refractivity contribution in [2.75, 3.05) is 33.2 Å². The minimum absolute atomic E-state index is 0.246. The number of hydrogen-bond donors (Lipinski definition) is 2. The number of benzene rings is 2. The highest BCUT2D eigenvalue weighted by atomic mass is 16.5. The van der Waals surface area contributed by atoms with Gasteiger partial charge in [0.25, 0.3) is 11.8 Å². The van der Waals surface area contributed by atoms with Crippen LogP contribution in [0.25, 0.3) is 0 Å². The summed E-state index contributed by atoms with van der Waals surface area (Å²) >= 11 is 0. The largest absolute Gasteiger partial charge is 0.493 e. The normalized spacial score (nSPS) is 9.97. The number of methoxy groups -OCH3 is 3. The van der Waals surface area contributed by atoms with E-state index in [1.165, 1.54) is 27.4 Å². The summed E-state index contributed by atoms with van der Waals surface area (Å²) in [4.78, 5) is 36.1. The van der Waals surface area contributed by atoms with Gasteiger partial charge in [-0.3, -0.25) is 14.4 Å². The molecule has 0 aromatic heterocycles. The minimum Gasteiger partial charge on any atom is -0.493 e. The lowest BCUT2D eigenvalue weighted by atomic mass is 10.0. The molecule has 0 saturated carbocycles. The molecule has 2 aromatic carbocycles. The van der Waals surface area contributed by atoms with Gasteiger partial charge in [0, 0.05) is 22.4 Å². The van der Waals surface area contributed by atoms with Crippen LogP contribution in [0.3, 0.4) is 0 Å². The lowest BCUT2D eigenvalue weighted by molar-refractivity contribution is -0.139. The van der Waals surface area contributed by atoms with Crippen LogP contribution in [0, 0.1) is 0 Å². The highest BCUT2D eigenvalue weighted by Crippen LogP contribution is 2.33. The van der Waals surface area contributed by atoms with Gasteiger partial charge in [0.15, 0.2) is 11.5 Å². The van der Waals surface area contributed by atoms with E-state index >= 15 is 0 Å². The Bertz CT molecular complexity index is 955. The number of carbonyl (C=O) groups is 3. The fourth-order valence-electron chi connectivity index (χ4n) is 2.75. The number of ether oxygens (including phenoxy) is 3. The first-order chi connectivity index (χ1) is 14.4. The van der Waals surface area contributed by atoms with Crippen LogP contribution in [0.15, 0.2) is 49.1 Å². The zero-order valence-electron chi connectivity index (χ0n) is 17.1. The average molecular weight is 412 g/mol. The molecule has 0 saturated heterocycles. The summed E-state index contributed by atoms with van der Waals surface area (Å²) in [7, 11) is 4.26. The molecule has 8 nitrogen and oxygen atoms in total. The quantitative estimate of drug-likeness (QED) is 0.485. The Labute approximate surface area is 174 Å². The molecular weight excluding hydrogens is 388 g/mol. The van der Waals surface area contributed by atoms with E-state index in [1.54, 1.807) is 36.4 Å². The lowest BCUT2D eigenvalue weighted by Crippen LogP contribution is -2.30. The van der Waals surface area contributed by atoms with Crippen LogP contribution in [0.2, 0.25) is 0 Å². The number of amides is 2. The number of esters is 1. The van der Waals surface area contributed by atoms with Crippen LogP contribution < -0.4 is 20.1 Å². The molecule has 0 atom stereocenters. The van der Waals surface area contributed by atoms with Crippen LogP contribution in [0.4, 0.5) is 5.69 Å². The highest BCUT2D eigenvalue weighted by molar-refractivity contribution is 6.05. The number of carbonyl (C=O) groups excluding carboxylic acids is 3. The standard InChI is InChI=1S/C22H24N2O6/c1-5-7-14-10-16(12-18(28-2)20(14)30-4)22(27)24-17-9-6-8-15(11-17)21(26)23-13-19(25)29-3/h5-6,8-12H,1,7,13H2,2-4H3,(H,23,26)(H,24,27). The first-order valence-corrected chi connectivity index (χ1v) is 9.05. The first kappa shape index (κ1) is 22.5. The molecule has 8 heteroatoms. The van der Waals surface area contributed by atoms with Crippen molar-refractivity contribution in [1.29, 1.82) is 0 Å².